The minimum atomic E-state index is 0. The second-order valence-electron chi connectivity index (χ2n) is 7.05. The van der Waals surface area contributed by atoms with Crippen molar-refractivity contribution < 1.29 is 0 Å². The van der Waals surface area contributed by atoms with Gasteiger partial charge in [-0.15, -0.1) is 17.5 Å². The lowest BCUT2D eigenvalue weighted by atomic mass is 10.0. The highest BCUT2D eigenvalue weighted by atomic mass is 35.5. The molecule has 0 saturated carbocycles. The van der Waals surface area contributed by atoms with Gasteiger partial charge in [0.25, 0.3) is 0 Å². The summed E-state index contributed by atoms with van der Waals surface area (Å²) in [6.45, 7) is 6.69. The Morgan fingerprint density at radius 1 is 1.11 bits per heavy atom. The van der Waals surface area contributed by atoms with E-state index in [1.54, 1.807) is 6.20 Å². The van der Waals surface area contributed by atoms with Crippen LogP contribution in [0, 0.1) is 0 Å². The summed E-state index contributed by atoms with van der Waals surface area (Å²) in [7, 11) is 0. The molecule has 2 aromatic heterocycles. The second-order valence-corrected chi connectivity index (χ2v) is 7.05. The van der Waals surface area contributed by atoms with Gasteiger partial charge in [0, 0.05) is 44.6 Å². The summed E-state index contributed by atoms with van der Waals surface area (Å²) >= 11 is 0. The van der Waals surface area contributed by atoms with Gasteiger partial charge in [0.05, 0.1) is 18.4 Å². The van der Waals surface area contributed by atoms with Gasteiger partial charge in [0.15, 0.2) is 0 Å². The van der Waals surface area contributed by atoms with Crippen molar-refractivity contribution in [3.05, 3.63) is 77.4 Å². The van der Waals surface area contributed by atoms with Gasteiger partial charge in [-0.1, -0.05) is 42.5 Å². The highest BCUT2D eigenvalue weighted by Crippen LogP contribution is 2.24. The van der Waals surface area contributed by atoms with E-state index < -0.39 is 0 Å². The molecule has 0 radical (unpaired) electrons. The number of nitrogens with one attached hydrogen (secondary N) is 1. The fraction of sp³-hybridized carbons (Fsp3) is 0.381. The zero-order chi connectivity index (χ0) is 18.5. The largest absolute Gasteiger partial charge is 0.314 e. The van der Waals surface area contributed by atoms with E-state index in [2.05, 4.69) is 62.8 Å². The van der Waals surface area contributed by atoms with E-state index in [1.807, 2.05) is 23.1 Å². The van der Waals surface area contributed by atoms with Crippen LogP contribution in [-0.2, 0) is 19.5 Å². The number of nitrogens with zero attached hydrogens (tertiary/aromatic N) is 5. The van der Waals surface area contributed by atoms with Gasteiger partial charge in [0.2, 0.25) is 0 Å². The van der Waals surface area contributed by atoms with Crippen LogP contribution in [0.15, 0.2) is 55.0 Å². The van der Waals surface area contributed by atoms with Gasteiger partial charge in [-0.3, -0.25) is 9.88 Å². The van der Waals surface area contributed by atoms with E-state index in [4.69, 9.17) is 0 Å². The molecule has 0 spiro atoms. The smallest absolute Gasteiger partial charge is 0.0967 e. The third-order valence-corrected chi connectivity index (χ3v) is 5.15. The second kappa shape index (κ2) is 9.78. The molecule has 1 aliphatic heterocycles. The summed E-state index contributed by atoms with van der Waals surface area (Å²) < 4.78 is 1.89. The molecule has 1 atom stereocenters. The predicted molar refractivity (Wildman–Crippen MR) is 112 cm³/mol. The third kappa shape index (κ3) is 4.95. The van der Waals surface area contributed by atoms with Gasteiger partial charge in [0.1, 0.15) is 0 Å². The quantitative estimate of drug-likeness (QED) is 0.691. The molecular formula is C21H27ClN6. The van der Waals surface area contributed by atoms with Crippen LogP contribution in [0.25, 0.3) is 0 Å². The fourth-order valence-corrected chi connectivity index (χ4v) is 3.61. The minimum absolute atomic E-state index is 0. The maximum absolute atomic E-state index is 4.39. The molecule has 1 aliphatic rings. The normalized spacial score (nSPS) is 17.2. The first-order chi connectivity index (χ1) is 13.3. The van der Waals surface area contributed by atoms with Crippen molar-refractivity contribution in [2.45, 2.75) is 32.5 Å². The zero-order valence-electron chi connectivity index (χ0n) is 16.2. The maximum Gasteiger partial charge on any atom is 0.0967 e. The number of piperazine rings is 1. The summed E-state index contributed by atoms with van der Waals surface area (Å²) in [6.07, 6.45) is 6.78. The summed E-state index contributed by atoms with van der Waals surface area (Å²) in [5, 5.41) is 12.2. The van der Waals surface area contributed by atoms with Crippen molar-refractivity contribution in [1.29, 1.82) is 0 Å². The number of rotatable bonds is 6. The average molecular weight is 399 g/mol. The number of hydrogen-bond acceptors (Lipinski definition) is 5. The van der Waals surface area contributed by atoms with Crippen molar-refractivity contribution in [3.63, 3.8) is 0 Å². The van der Waals surface area contributed by atoms with Gasteiger partial charge >= 0.3 is 0 Å². The number of aryl methyl sites for hydroxylation is 1. The lowest BCUT2D eigenvalue weighted by molar-refractivity contribution is 0.152. The maximum atomic E-state index is 4.39. The molecule has 28 heavy (non-hydrogen) atoms. The first-order valence-electron chi connectivity index (χ1n) is 9.63. The minimum Gasteiger partial charge on any atom is -0.314 e. The molecule has 148 valence electrons. The van der Waals surface area contributed by atoms with Crippen LogP contribution in [0.5, 0.6) is 0 Å². The van der Waals surface area contributed by atoms with Crippen LogP contribution in [-0.4, -0.2) is 44.5 Å². The molecule has 0 aliphatic carbocycles. The summed E-state index contributed by atoms with van der Waals surface area (Å²) in [6, 6.07) is 13.4. The number of hydrogen-bond donors (Lipinski definition) is 1. The molecule has 4 rings (SSSR count). The molecule has 6 nitrogen and oxygen atoms in total. The SMILES string of the molecule is CCc1ccc(C2CNCCN2Cc2cn(Cc3cccnc3)nn2)cc1.Cl. The van der Waals surface area contributed by atoms with E-state index >= 15 is 0 Å². The number of halogens is 1. The molecule has 1 fully saturated rings. The molecular weight excluding hydrogens is 372 g/mol. The van der Waals surface area contributed by atoms with E-state index in [0.29, 0.717) is 12.6 Å². The van der Waals surface area contributed by atoms with E-state index in [9.17, 15) is 0 Å². The number of benzene rings is 1. The van der Waals surface area contributed by atoms with Gasteiger partial charge in [-0.25, -0.2) is 4.68 Å². The first kappa shape index (κ1) is 20.5. The molecule has 3 heterocycles. The molecule has 1 unspecified atom stereocenters. The van der Waals surface area contributed by atoms with Crippen molar-refractivity contribution in [2.75, 3.05) is 19.6 Å². The molecule has 7 heteroatoms. The Morgan fingerprint density at radius 3 is 2.71 bits per heavy atom. The monoisotopic (exact) mass is 398 g/mol. The molecule has 1 aromatic carbocycles. The van der Waals surface area contributed by atoms with E-state index in [1.165, 1.54) is 11.1 Å². The van der Waals surface area contributed by atoms with Gasteiger partial charge in [-0.2, -0.15) is 0 Å². The highest BCUT2D eigenvalue weighted by molar-refractivity contribution is 5.85. The van der Waals surface area contributed by atoms with E-state index in [0.717, 1.165) is 43.9 Å². The highest BCUT2D eigenvalue weighted by Gasteiger charge is 2.24. The Bertz CT molecular complexity index is 849. The molecule has 0 amide bonds. The van der Waals surface area contributed by atoms with Gasteiger partial charge < -0.3 is 5.32 Å². The number of aromatic nitrogens is 4. The van der Waals surface area contributed by atoms with Crippen LogP contribution < -0.4 is 5.32 Å². The van der Waals surface area contributed by atoms with Crippen LogP contribution in [0.4, 0.5) is 0 Å². The molecule has 3 aromatic rings. The van der Waals surface area contributed by atoms with Crippen LogP contribution in [0.3, 0.4) is 0 Å². The Morgan fingerprint density at radius 2 is 1.96 bits per heavy atom. The van der Waals surface area contributed by atoms with Crippen molar-refractivity contribution in [1.82, 2.24) is 30.2 Å². The summed E-state index contributed by atoms with van der Waals surface area (Å²) in [4.78, 5) is 6.66. The Kier molecular flexibility index (Phi) is 7.14. The fourth-order valence-electron chi connectivity index (χ4n) is 3.61. The number of pyridine rings is 1. The van der Waals surface area contributed by atoms with Crippen LogP contribution in [0.1, 0.15) is 35.3 Å². The summed E-state index contributed by atoms with van der Waals surface area (Å²) in [5.74, 6) is 0. The van der Waals surface area contributed by atoms with Gasteiger partial charge in [-0.05, 0) is 29.2 Å². The van der Waals surface area contributed by atoms with Crippen LogP contribution in [0.2, 0.25) is 0 Å². The van der Waals surface area contributed by atoms with Crippen molar-refractivity contribution >= 4 is 12.4 Å². The van der Waals surface area contributed by atoms with Crippen molar-refractivity contribution in [2.24, 2.45) is 0 Å². The Hall–Kier alpha value is -2.28. The molecule has 0 bridgehead atoms. The van der Waals surface area contributed by atoms with Crippen LogP contribution >= 0.6 is 12.4 Å². The Labute approximate surface area is 172 Å². The third-order valence-electron chi connectivity index (χ3n) is 5.15. The summed E-state index contributed by atoms with van der Waals surface area (Å²) in [5.41, 5.74) is 4.88. The Balaban J connectivity index is 0.00000225. The zero-order valence-corrected chi connectivity index (χ0v) is 17.0. The molecule has 1 N–H and O–H groups in total. The predicted octanol–water partition coefficient (Wildman–Crippen LogP) is 2.85. The topological polar surface area (TPSA) is 58.9 Å². The average Bonchev–Trinajstić information content (AvgIpc) is 3.16. The molecule has 1 saturated heterocycles. The first-order valence-corrected chi connectivity index (χ1v) is 9.63. The van der Waals surface area contributed by atoms with Crippen molar-refractivity contribution in [3.8, 4) is 0 Å². The lowest BCUT2D eigenvalue weighted by Crippen LogP contribution is -2.45. The lowest BCUT2D eigenvalue weighted by Gasteiger charge is -2.36. The standard InChI is InChI=1S/C21H26N6.ClH/c1-2-17-5-7-19(8-6-17)21-13-23-10-11-26(21)15-20-16-27(25-24-20)14-18-4-3-9-22-12-18;/h3-9,12,16,21,23H,2,10-11,13-15H2,1H3;1H. The van der Waals surface area contributed by atoms with E-state index in [-0.39, 0.29) is 12.4 Å².